The van der Waals surface area contributed by atoms with Gasteiger partial charge in [-0.3, -0.25) is 14.6 Å². The zero-order valence-corrected chi connectivity index (χ0v) is 24.4. The fraction of sp³-hybridized carbons (Fsp3) is 0.333. The molecule has 0 spiro atoms. The minimum Gasteiger partial charge on any atom is -0.508 e. The van der Waals surface area contributed by atoms with E-state index >= 15 is 0 Å². The smallest absolute Gasteiger partial charge is 0.419 e. The highest BCUT2D eigenvalue weighted by molar-refractivity contribution is 6.13. The molecule has 13 nitrogen and oxygen atoms in total. The maximum absolute atomic E-state index is 13.7. The molecule has 3 N–H and O–H groups in total. The summed E-state index contributed by atoms with van der Waals surface area (Å²) in [5.74, 6) is -1.72. The van der Waals surface area contributed by atoms with Crippen molar-refractivity contribution in [2.75, 3.05) is 31.7 Å². The standard InChI is InChI=1S/C30H34N6O7/c1-5-13-35(30(41)43-17-42-29(40)20-9-11-22(37)12-10-20)28(39)23-15-36-25(19(23)4)26(32-16-33-36)34-24-14-21(8-7-18(24)3)27(38)31-6-2/h7-12,14,16,23,37H,5-6,13,15,17H2,1-4H3,(H,31,38)(H,32,33,34). The Balaban J connectivity index is 1.46. The maximum Gasteiger partial charge on any atom is 0.419 e. The molecule has 2 aliphatic rings. The number of benzene rings is 2. The molecule has 4 rings (SSSR count). The predicted molar refractivity (Wildman–Crippen MR) is 159 cm³/mol. The van der Waals surface area contributed by atoms with Gasteiger partial charge in [-0.25, -0.2) is 19.5 Å². The summed E-state index contributed by atoms with van der Waals surface area (Å²) in [6.07, 6.45) is 0.907. The van der Waals surface area contributed by atoms with Gasteiger partial charge in [0.05, 0.1) is 18.0 Å². The molecule has 0 saturated carbocycles. The molecule has 0 radical (unpaired) electrons. The number of aryl methyl sites for hydroxylation is 1. The van der Waals surface area contributed by atoms with Gasteiger partial charge in [-0.2, -0.15) is 5.10 Å². The number of esters is 1. The fourth-order valence-electron chi connectivity index (χ4n) is 4.63. The molecule has 2 aliphatic heterocycles. The Hall–Kier alpha value is -5.20. The summed E-state index contributed by atoms with van der Waals surface area (Å²) in [5.41, 5.74) is 3.46. The van der Waals surface area contributed by atoms with Crippen molar-refractivity contribution in [2.24, 2.45) is 16.0 Å². The van der Waals surface area contributed by atoms with Gasteiger partial charge in [-0.1, -0.05) is 13.0 Å². The highest BCUT2D eigenvalue weighted by atomic mass is 16.7. The number of amidine groups is 1. The number of aliphatic imine (C=N–C) groups is 1. The second kappa shape index (κ2) is 13.6. The van der Waals surface area contributed by atoms with E-state index in [1.54, 1.807) is 24.1 Å². The highest BCUT2D eigenvalue weighted by Gasteiger charge is 2.40. The highest BCUT2D eigenvalue weighted by Crippen LogP contribution is 2.33. The topological polar surface area (TPSA) is 162 Å². The van der Waals surface area contributed by atoms with Crippen molar-refractivity contribution in [2.45, 2.75) is 34.1 Å². The van der Waals surface area contributed by atoms with Crippen LogP contribution in [-0.4, -0.2) is 77.5 Å². The van der Waals surface area contributed by atoms with Crippen molar-refractivity contribution in [3.05, 3.63) is 70.4 Å². The van der Waals surface area contributed by atoms with E-state index in [4.69, 9.17) is 9.47 Å². The van der Waals surface area contributed by atoms with Gasteiger partial charge in [-0.15, -0.1) is 0 Å². The van der Waals surface area contributed by atoms with Gasteiger partial charge in [0.25, 0.3) is 5.91 Å². The lowest BCUT2D eigenvalue weighted by molar-refractivity contribution is -0.133. The third-order valence-electron chi connectivity index (χ3n) is 6.91. The summed E-state index contributed by atoms with van der Waals surface area (Å²) in [7, 11) is 0. The van der Waals surface area contributed by atoms with Crippen molar-refractivity contribution in [1.29, 1.82) is 0 Å². The molecule has 0 saturated heterocycles. The second-order valence-corrected chi connectivity index (χ2v) is 9.89. The first kappa shape index (κ1) is 30.8. The van der Waals surface area contributed by atoms with Crippen LogP contribution < -0.4 is 10.6 Å². The molecule has 2 aromatic carbocycles. The van der Waals surface area contributed by atoms with Crippen molar-refractivity contribution in [3.63, 3.8) is 0 Å². The van der Waals surface area contributed by atoms with E-state index in [1.165, 1.54) is 30.6 Å². The Bertz CT molecular complexity index is 1500. The fourth-order valence-corrected chi connectivity index (χ4v) is 4.63. The number of hydrazone groups is 1. The van der Waals surface area contributed by atoms with Crippen LogP contribution in [0.15, 0.2) is 63.8 Å². The molecule has 0 aromatic heterocycles. The Labute approximate surface area is 248 Å². The van der Waals surface area contributed by atoms with Gasteiger partial charge in [0, 0.05) is 24.3 Å². The largest absolute Gasteiger partial charge is 0.508 e. The van der Waals surface area contributed by atoms with Crippen molar-refractivity contribution >= 4 is 41.7 Å². The molecule has 2 aromatic rings. The molecule has 1 atom stereocenters. The summed E-state index contributed by atoms with van der Waals surface area (Å²) in [6, 6.07) is 10.7. The Morgan fingerprint density at radius 2 is 1.77 bits per heavy atom. The van der Waals surface area contributed by atoms with Crippen LogP contribution in [0.2, 0.25) is 0 Å². The number of nitrogens with zero attached hydrogens (tertiary/aromatic N) is 4. The molecule has 2 heterocycles. The average Bonchev–Trinajstić information content (AvgIpc) is 3.34. The van der Waals surface area contributed by atoms with E-state index in [1.807, 2.05) is 26.8 Å². The molecule has 0 fully saturated rings. The zero-order valence-electron chi connectivity index (χ0n) is 24.4. The summed E-state index contributed by atoms with van der Waals surface area (Å²) in [6.45, 7) is 7.43. The molecular formula is C30H34N6O7. The van der Waals surface area contributed by atoms with Crippen LogP contribution >= 0.6 is 0 Å². The number of phenols is 1. The number of nitrogens with one attached hydrogen (secondary N) is 2. The van der Waals surface area contributed by atoms with Crippen LogP contribution in [0.1, 0.15) is 53.5 Å². The van der Waals surface area contributed by atoms with E-state index in [-0.39, 0.29) is 30.3 Å². The van der Waals surface area contributed by atoms with Gasteiger partial charge in [0.1, 0.15) is 17.8 Å². The molecular weight excluding hydrogens is 556 g/mol. The SMILES string of the molecule is CCCN(C(=O)OCOC(=O)c1ccc(O)cc1)C(=O)C1CN2N=CN=C(Nc3cc(C(=O)NCC)ccc3C)C2=C1C. The van der Waals surface area contributed by atoms with E-state index in [9.17, 15) is 24.3 Å². The lowest BCUT2D eigenvalue weighted by Crippen LogP contribution is -2.43. The van der Waals surface area contributed by atoms with Crippen LogP contribution in [-0.2, 0) is 14.3 Å². The molecule has 13 heteroatoms. The summed E-state index contributed by atoms with van der Waals surface area (Å²) < 4.78 is 10.1. The molecule has 0 aliphatic carbocycles. The van der Waals surface area contributed by atoms with Gasteiger partial charge in [-0.05, 0) is 74.7 Å². The van der Waals surface area contributed by atoms with Crippen LogP contribution in [0.3, 0.4) is 0 Å². The summed E-state index contributed by atoms with van der Waals surface area (Å²) in [4.78, 5) is 56.5. The average molecular weight is 591 g/mol. The Morgan fingerprint density at radius 1 is 1.05 bits per heavy atom. The van der Waals surface area contributed by atoms with Crippen LogP contribution in [0.4, 0.5) is 10.5 Å². The minimum absolute atomic E-state index is 0.00864. The van der Waals surface area contributed by atoms with Gasteiger partial charge in [0.15, 0.2) is 5.84 Å². The van der Waals surface area contributed by atoms with Gasteiger partial charge < -0.3 is 25.2 Å². The Kier molecular flexibility index (Phi) is 9.76. The first-order valence-corrected chi connectivity index (χ1v) is 13.8. The normalized spacial score (nSPS) is 15.4. The number of anilines is 1. The van der Waals surface area contributed by atoms with E-state index in [0.717, 1.165) is 10.5 Å². The lowest BCUT2D eigenvalue weighted by Gasteiger charge is -2.24. The van der Waals surface area contributed by atoms with Crippen LogP contribution in [0.25, 0.3) is 0 Å². The third kappa shape index (κ3) is 7.00. The summed E-state index contributed by atoms with van der Waals surface area (Å²) >= 11 is 0. The molecule has 43 heavy (non-hydrogen) atoms. The lowest BCUT2D eigenvalue weighted by atomic mass is 10.00. The third-order valence-corrected chi connectivity index (χ3v) is 6.91. The van der Waals surface area contributed by atoms with Crippen molar-refractivity contribution in [1.82, 2.24) is 15.2 Å². The molecule has 226 valence electrons. The number of carbonyl (C=O) groups excluding carboxylic acids is 4. The quantitative estimate of drug-likeness (QED) is 0.293. The number of rotatable bonds is 9. The second-order valence-electron chi connectivity index (χ2n) is 9.89. The number of carbonyl (C=O) groups is 4. The van der Waals surface area contributed by atoms with Gasteiger partial charge >= 0.3 is 12.1 Å². The number of aromatic hydroxyl groups is 1. The number of phenolic OH excluding ortho intramolecular Hbond substituents is 1. The van der Waals surface area contributed by atoms with E-state index in [0.29, 0.717) is 41.3 Å². The van der Waals surface area contributed by atoms with E-state index in [2.05, 4.69) is 20.7 Å². The van der Waals surface area contributed by atoms with E-state index < -0.39 is 30.7 Å². The number of imide groups is 1. The zero-order chi connectivity index (χ0) is 31.1. The van der Waals surface area contributed by atoms with Crippen molar-refractivity contribution in [3.8, 4) is 5.75 Å². The van der Waals surface area contributed by atoms with Crippen LogP contribution in [0, 0.1) is 12.8 Å². The number of hydrogen-bond acceptors (Lipinski definition) is 11. The predicted octanol–water partition coefficient (Wildman–Crippen LogP) is 3.61. The number of hydrogen-bond donors (Lipinski definition) is 3. The number of fused-ring (bicyclic) bond motifs is 1. The molecule has 0 bridgehead atoms. The molecule has 1 unspecified atom stereocenters. The number of amides is 3. The minimum atomic E-state index is -0.943. The Morgan fingerprint density at radius 3 is 2.47 bits per heavy atom. The van der Waals surface area contributed by atoms with Crippen molar-refractivity contribution < 1.29 is 33.8 Å². The maximum atomic E-state index is 13.7. The molecule has 3 amide bonds. The van der Waals surface area contributed by atoms with Crippen LogP contribution in [0.5, 0.6) is 5.75 Å². The first-order chi connectivity index (χ1) is 20.6. The number of ether oxygens (including phenoxy) is 2. The monoisotopic (exact) mass is 590 g/mol. The summed E-state index contributed by atoms with van der Waals surface area (Å²) in [5, 5.41) is 21.4. The first-order valence-electron chi connectivity index (χ1n) is 13.8. The van der Waals surface area contributed by atoms with Gasteiger partial charge in [0.2, 0.25) is 12.7 Å².